The summed E-state index contributed by atoms with van der Waals surface area (Å²) >= 11 is 0. The van der Waals surface area contributed by atoms with E-state index in [9.17, 15) is 0 Å². The first-order valence-electron chi connectivity index (χ1n) is 4.17. The maximum atomic E-state index is 8.84. The summed E-state index contributed by atoms with van der Waals surface area (Å²) in [7, 11) is 0. The Morgan fingerprint density at radius 3 is 2.31 bits per heavy atom. The van der Waals surface area contributed by atoms with Crippen molar-refractivity contribution in [3.63, 3.8) is 0 Å². The van der Waals surface area contributed by atoms with E-state index in [2.05, 4.69) is 0 Å². The van der Waals surface area contributed by atoms with E-state index in [0.717, 1.165) is 0 Å². The second-order valence-corrected chi connectivity index (χ2v) is 3.05. The number of hydrogen-bond donors (Lipinski definition) is 2. The van der Waals surface area contributed by atoms with Gasteiger partial charge in [0, 0.05) is 6.04 Å². The van der Waals surface area contributed by atoms with Crippen LogP contribution < -0.4 is 5.73 Å². The molecule has 74 valence electrons. The molecule has 0 aromatic heterocycles. The Labute approximate surface area is 85.2 Å². The zero-order valence-electron chi connectivity index (χ0n) is 7.68. The van der Waals surface area contributed by atoms with Crippen molar-refractivity contribution < 1.29 is 5.11 Å². The van der Waals surface area contributed by atoms with Crippen LogP contribution in [-0.4, -0.2) is 17.8 Å². The molecule has 0 saturated heterocycles. The van der Waals surface area contributed by atoms with Gasteiger partial charge in [-0.1, -0.05) is 37.3 Å². The summed E-state index contributed by atoms with van der Waals surface area (Å²) in [4.78, 5) is 0. The number of halogens is 1. The highest BCUT2D eigenvalue weighted by atomic mass is 35.5. The number of aliphatic hydroxyl groups is 1. The minimum absolute atomic E-state index is 0. The summed E-state index contributed by atoms with van der Waals surface area (Å²) < 4.78 is 0. The Hall–Kier alpha value is -0.570. The van der Waals surface area contributed by atoms with Crippen molar-refractivity contribution in [1.82, 2.24) is 0 Å². The average molecular weight is 202 g/mol. The van der Waals surface area contributed by atoms with Crippen LogP contribution in [0, 0.1) is 0 Å². The van der Waals surface area contributed by atoms with Gasteiger partial charge in [0.05, 0.1) is 6.61 Å². The summed E-state index contributed by atoms with van der Waals surface area (Å²) in [6.07, 6.45) is 0. The first-order chi connectivity index (χ1) is 5.75. The van der Waals surface area contributed by atoms with Gasteiger partial charge in [-0.2, -0.15) is 0 Å². The molecule has 0 bridgehead atoms. The molecule has 0 heterocycles. The molecule has 2 atom stereocenters. The lowest BCUT2D eigenvalue weighted by molar-refractivity contribution is 0.252. The van der Waals surface area contributed by atoms with Gasteiger partial charge in [0.1, 0.15) is 0 Å². The number of aliphatic hydroxyl groups excluding tert-OH is 1. The Kier molecular flexibility index (Phi) is 5.71. The van der Waals surface area contributed by atoms with Crippen LogP contribution in [0.3, 0.4) is 0 Å². The van der Waals surface area contributed by atoms with Crippen molar-refractivity contribution in [3.8, 4) is 0 Å². The lowest BCUT2D eigenvalue weighted by Crippen LogP contribution is -2.30. The van der Waals surface area contributed by atoms with Crippen LogP contribution in [0.5, 0.6) is 0 Å². The second kappa shape index (κ2) is 5.97. The maximum absolute atomic E-state index is 8.84. The molecule has 3 heteroatoms. The molecule has 0 aliphatic rings. The predicted molar refractivity (Wildman–Crippen MR) is 57.2 cm³/mol. The molecule has 1 aromatic rings. The van der Waals surface area contributed by atoms with E-state index in [-0.39, 0.29) is 31.0 Å². The fourth-order valence-corrected chi connectivity index (χ4v) is 1.16. The number of hydrogen-bond acceptors (Lipinski definition) is 2. The molecule has 0 radical (unpaired) electrons. The van der Waals surface area contributed by atoms with Crippen LogP contribution in [0.1, 0.15) is 18.4 Å². The SMILES string of the molecule is CC(c1ccccc1)C(N)CO.Cl. The van der Waals surface area contributed by atoms with E-state index < -0.39 is 0 Å². The van der Waals surface area contributed by atoms with Crippen LogP contribution in [-0.2, 0) is 0 Å². The lowest BCUT2D eigenvalue weighted by atomic mass is 9.95. The molecule has 0 saturated carbocycles. The third-order valence-electron chi connectivity index (χ3n) is 2.18. The summed E-state index contributed by atoms with van der Waals surface area (Å²) in [5, 5.41) is 8.84. The highest BCUT2D eigenvalue weighted by Gasteiger charge is 2.12. The molecule has 0 aliphatic carbocycles. The van der Waals surface area contributed by atoms with E-state index >= 15 is 0 Å². The number of nitrogens with two attached hydrogens (primary N) is 1. The molecular formula is C10H16ClNO. The van der Waals surface area contributed by atoms with Crippen molar-refractivity contribution >= 4 is 12.4 Å². The van der Waals surface area contributed by atoms with Gasteiger partial charge in [0.25, 0.3) is 0 Å². The monoisotopic (exact) mass is 201 g/mol. The number of rotatable bonds is 3. The second-order valence-electron chi connectivity index (χ2n) is 3.05. The van der Waals surface area contributed by atoms with Gasteiger partial charge in [-0.15, -0.1) is 12.4 Å². The summed E-state index contributed by atoms with van der Waals surface area (Å²) in [5.74, 6) is 0.219. The van der Waals surface area contributed by atoms with Crippen molar-refractivity contribution in [2.75, 3.05) is 6.61 Å². The van der Waals surface area contributed by atoms with Crippen LogP contribution in [0.4, 0.5) is 0 Å². The van der Waals surface area contributed by atoms with E-state index in [1.807, 2.05) is 37.3 Å². The minimum Gasteiger partial charge on any atom is -0.395 e. The van der Waals surface area contributed by atoms with E-state index in [4.69, 9.17) is 10.8 Å². The lowest BCUT2D eigenvalue weighted by Gasteiger charge is -2.17. The van der Waals surface area contributed by atoms with Crippen LogP contribution in [0.25, 0.3) is 0 Å². The average Bonchev–Trinajstić information content (AvgIpc) is 2.17. The Balaban J connectivity index is 0.00000144. The molecule has 2 unspecified atom stereocenters. The molecule has 0 amide bonds. The van der Waals surface area contributed by atoms with Gasteiger partial charge in [0.2, 0.25) is 0 Å². The van der Waals surface area contributed by atoms with Crippen LogP contribution in [0.2, 0.25) is 0 Å². The Morgan fingerprint density at radius 1 is 1.31 bits per heavy atom. The molecule has 13 heavy (non-hydrogen) atoms. The standard InChI is InChI=1S/C10H15NO.ClH/c1-8(10(11)7-12)9-5-3-2-4-6-9;/h2-6,8,10,12H,7,11H2,1H3;1H. The summed E-state index contributed by atoms with van der Waals surface area (Å²) in [6.45, 7) is 2.06. The van der Waals surface area contributed by atoms with Crippen molar-refractivity contribution in [3.05, 3.63) is 35.9 Å². The van der Waals surface area contributed by atoms with Gasteiger partial charge in [0.15, 0.2) is 0 Å². The minimum atomic E-state index is -0.160. The smallest absolute Gasteiger partial charge is 0.0588 e. The fraction of sp³-hybridized carbons (Fsp3) is 0.400. The van der Waals surface area contributed by atoms with Gasteiger partial charge in [-0.3, -0.25) is 0 Å². The molecule has 0 fully saturated rings. The van der Waals surface area contributed by atoms with Gasteiger partial charge in [-0.05, 0) is 11.5 Å². The number of benzene rings is 1. The molecule has 0 aliphatic heterocycles. The zero-order valence-corrected chi connectivity index (χ0v) is 8.50. The molecule has 3 N–H and O–H groups in total. The Bertz CT molecular complexity index is 228. The Morgan fingerprint density at radius 2 is 1.85 bits per heavy atom. The van der Waals surface area contributed by atoms with Gasteiger partial charge < -0.3 is 10.8 Å². The molecule has 1 aromatic carbocycles. The highest BCUT2D eigenvalue weighted by Crippen LogP contribution is 2.16. The predicted octanol–water partition coefficient (Wildman–Crippen LogP) is 1.53. The maximum Gasteiger partial charge on any atom is 0.0588 e. The van der Waals surface area contributed by atoms with E-state index in [0.29, 0.717) is 0 Å². The van der Waals surface area contributed by atoms with Crippen molar-refractivity contribution in [2.24, 2.45) is 5.73 Å². The van der Waals surface area contributed by atoms with E-state index in [1.165, 1.54) is 5.56 Å². The third-order valence-corrected chi connectivity index (χ3v) is 2.18. The van der Waals surface area contributed by atoms with Gasteiger partial charge >= 0.3 is 0 Å². The molecule has 0 spiro atoms. The van der Waals surface area contributed by atoms with Crippen molar-refractivity contribution in [2.45, 2.75) is 18.9 Å². The largest absolute Gasteiger partial charge is 0.395 e. The molecule has 2 nitrogen and oxygen atoms in total. The topological polar surface area (TPSA) is 46.2 Å². The van der Waals surface area contributed by atoms with Crippen LogP contribution >= 0.6 is 12.4 Å². The van der Waals surface area contributed by atoms with Gasteiger partial charge in [-0.25, -0.2) is 0 Å². The zero-order chi connectivity index (χ0) is 8.97. The van der Waals surface area contributed by atoms with Crippen LogP contribution in [0.15, 0.2) is 30.3 Å². The first kappa shape index (κ1) is 12.4. The first-order valence-corrected chi connectivity index (χ1v) is 4.17. The normalized spacial score (nSPS) is 14.4. The third kappa shape index (κ3) is 3.35. The highest BCUT2D eigenvalue weighted by molar-refractivity contribution is 5.85. The molecular weight excluding hydrogens is 186 g/mol. The quantitative estimate of drug-likeness (QED) is 0.779. The van der Waals surface area contributed by atoms with Crippen molar-refractivity contribution in [1.29, 1.82) is 0 Å². The molecule has 1 rings (SSSR count). The fourth-order valence-electron chi connectivity index (χ4n) is 1.16. The summed E-state index contributed by atoms with van der Waals surface area (Å²) in [6, 6.07) is 9.83. The van der Waals surface area contributed by atoms with E-state index in [1.54, 1.807) is 0 Å². The summed E-state index contributed by atoms with van der Waals surface area (Å²) in [5.41, 5.74) is 6.88.